The van der Waals surface area contributed by atoms with Crippen LogP contribution in [-0.2, 0) is 0 Å². The molecule has 1 N–H and O–H groups in total. The van der Waals surface area contributed by atoms with Crippen molar-refractivity contribution in [3.05, 3.63) is 0 Å². The van der Waals surface area contributed by atoms with Crippen LogP contribution in [0.2, 0.25) is 0 Å². The molecular formula is C16H32N2. The molecule has 1 saturated heterocycles. The predicted octanol–water partition coefficient (Wildman–Crippen LogP) is 3.28. The zero-order valence-electron chi connectivity index (χ0n) is 12.5. The van der Waals surface area contributed by atoms with E-state index >= 15 is 0 Å². The summed E-state index contributed by atoms with van der Waals surface area (Å²) in [7, 11) is 0. The van der Waals surface area contributed by atoms with Crippen LogP contribution in [0.5, 0.6) is 0 Å². The lowest BCUT2D eigenvalue weighted by Crippen LogP contribution is -2.49. The lowest BCUT2D eigenvalue weighted by Gasteiger charge is -2.38. The average molecular weight is 252 g/mol. The van der Waals surface area contributed by atoms with Crippen molar-refractivity contribution < 1.29 is 0 Å². The summed E-state index contributed by atoms with van der Waals surface area (Å²) in [5, 5.41) is 3.87. The predicted molar refractivity (Wildman–Crippen MR) is 78.9 cm³/mol. The van der Waals surface area contributed by atoms with Crippen LogP contribution in [0.25, 0.3) is 0 Å². The van der Waals surface area contributed by atoms with Gasteiger partial charge in [-0.15, -0.1) is 0 Å². The van der Waals surface area contributed by atoms with Crippen LogP contribution in [0, 0.1) is 11.8 Å². The molecule has 2 atom stereocenters. The highest BCUT2D eigenvalue weighted by atomic mass is 15.2. The van der Waals surface area contributed by atoms with E-state index in [0.717, 1.165) is 17.9 Å². The van der Waals surface area contributed by atoms with Crippen LogP contribution in [0.4, 0.5) is 0 Å². The number of piperidine rings is 1. The van der Waals surface area contributed by atoms with Gasteiger partial charge in [0.1, 0.15) is 0 Å². The van der Waals surface area contributed by atoms with Crippen LogP contribution in [0.15, 0.2) is 0 Å². The molecule has 0 radical (unpaired) electrons. The average Bonchev–Trinajstić information content (AvgIpc) is 2.89. The van der Waals surface area contributed by atoms with Crippen LogP contribution >= 0.6 is 0 Å². The molecule has 2 unspecified atom stereocenters. The first-order chi connectivity index (χ1) is 8.81. The molecule has 2 fully saturated rings. The molecule has 0 aromatic rings. The maximum absolute atomic E-state index is 3.87. The molecule has 2 heteroatoms. The Bertz CT molecular complexity index is 223. The van der Waals surface area contributed by atoms with Gasteiger partial charge in [0.2, 0.25) is 0 Å². The van der Waals surface area contributed by atoms with Gasteiger partial charge >= 0.3 is 0 Å². The Morgan fingerprint density at radius 1 is 1.06 bits per heavy atom. The molecule has 0 aromatic heterocycles. The second-order valence-electron chi connectivity index (χ2n) is 6.50. The van der Waals surface area contributed by atoms with Crippen molar-refractivity contribution in [1.82, 2.24) is 10.2 Å². The summed E-state index contributed by atoms with van der Waals surface area (Å²) in [6.45, 7) is 9.76. The fraction of sp³-hybridized carbons (Fsp3) is 1.00. The normalized spacial score (nSPS) is 31.0. The third-order valence-corrected chi connectivity index (χ3v) is 4.93. The molecule has 2 aliphatic rings. The first-order valence-corrected chi connectivity index (χ1v) is 8.27. The number of nitrogens with zero attached hydrogens (tertiary/aromatic N) is 1. The highest BCUT2D eigenvalue weighted by molar-refractivity contribution is 4.84. The van der Waals surface area contributed by atoms with Crippen LogP contribution < -0.4 is 5.32 Å². The van der Waals surface area contributed by atoms with Gasteiger partial charge in [0.25, 0.3) is 0 Å². The summed E-state index contributed by atoms with van der Waals surface area (Å²) in [5.41, 5.74) is 0. The summed E-state index contributed by atoms with van der Waals surface area (Å²) in [6.07, 6.45) is 10.0. The topological polar surface area (TPSA) is 15.3 Å². The largest absolute Gasteiger partial charge is 0.312 e. The number of hydrogen-bond donors (Lipinski definition) is 1. The molecule has 1 aliphatic carbocycles. The van der Waals surface area contributed by atoms with Gasteiger partial charge in [0, 0.05) is 19.1 Å². The highest BCUT2D eigenvalue weighted by Crippen LogP contribution is 2.25. The first kappa shape index (κ1) is 14.3. The van der Waals surface area contributed by atoms with Crippen molar-refractivity contribution in [2.45, 2.75) is 64.8 Å². The smallest absolute Gasteiger partial charge is 0.0198 e. The molecule has 0 bridgehead atoms. The molecule has 1 aliphatic heterocycles. The van der Waals surface area contributed by atoms with E-state index in [4.69, 9.17) is 0 Å². The number of likely N-dealkylation sites (N-methyl/N-ethyl adjacent to an activating group) is 1. The molecule has 1 saturated carbocycles. The van der Waals surface area contributed by atoms with Gasteiger partial charge < -0.3 is 10.2 Å². The molecule has 0 aromatic carbocycles. The van der Waals surface area contributed by atoms with E-state index in [1.165, 1.54) is 71.1 Å². The van der Waals surface area contributed by atoms with Gasteiger partial charge in [-0.05, 0) is 50.6 Å². The van der Waals surface area contributed by atoms with Crippen molar-refractivity contribution in [2.75, 3.05) is 26.2 Å². The van der Waals surface area contributed by atoms with Gasteiger partial charge in [-0.1, -0.05) is 33.1 Å². The Morgan fingerprint density at radius 3 is 2.50 bits per heavy atom. The maximum atomic E-state index is 3.87. The molecule has 2 rings (SSSR count). The Labute approximate surface area is 114 Å². The van der Waals surface area contributed by atoms with Crippen LogP contribution in [0.3, 0.4) is 0 Å². The lowest BCUT2D eigenvalue weighted by atomic mass is 9.90. The van der Waals surface area contributed by atoms with Crippen LogP contribution in [-0.4, -0.2) is 37.1 Å². The zero-order chi connectivity index (χ0) is 12.8. The fourth-order valence-electron chi connectivity index (χ4n) is 3.87. The van der Waals surface area contributed by atoms with E-state index in [0.29, 0.717) is 0 Å². The van der Waals surface area contributed by atoms with Gasteiger partial charge in [-0.25, -0.2) is 0 Å². The number of rotatable bonds is 6. The first-order valence-electron chi connectivity index (χ1n) is 8.27. The van der Waals surface area contributed by atoms with Crippen molar-refractivity contribution in [3.8, 4) is 0 Å². The van der Waals surface area contributed by atoms with E-state index in [1.807, 2.05) is 0 Å². The quantitative estimate of drug-likeness (QED) is 0.780. The minimum absolute atomic E-state index is 0.760. The minimum atomic E-state index is 0.760. The van der Waals surface area contributed by atoms with E-state index < -0.39 is 0 Å². The maximum Gasteiger partial charge on any atom is 0.0198 e. The molecule has 0 spiro atoms. The Kier molecular flexibility index (Phi) is 5.97. The van der Waals surface area contributed by atoms with E-state index in [1.54, 1.807) is 0 Å². The second-order valence-corrected chi connectivity index (χ2v) is 6.50. The Balaban J connectivity index is 1.74. The standard InChI is InChI=1S/C16H32N2/c1-3-7-15-10-16(13-18(4-2)12-15)17-11-14-8-5-6-9-14/h14-17H,3-13H2,1-2H3. The monoisotopic (exact) mass is 252 g/mol. The van der Waals surface area contributed by atoms with Crippen molar-refractivity contribution in [1.29, 1.82) is 0 Å². The third kappa shape index (κ3) is 4.24. The Morgan fingerprint density at radius 2 is 1.83 bits per heavy atom. The minimum Gasteiger partial charge on any atom is -0.312 e. The summed E-state index contributed by atoms with van der Waals surface area (Å²) < 4.78 is 0. The number of likely N-dealkylation sites (tertiary alicyclic amines) is 1. The lowest BCUT2D eigenvalue weighted by molar-refractivity contribution is 0.139. The van der Waals surface area contributed by atoms with E-state index in [9.17, 15) is 0 Å². The summed E-state index contributed by atoms with van der Waals surface area (Å²) >= 11 is 0. The van der Waals surface area contributed by atoms with Gasteiger partial charge in [-0.3, -0.25) is 0 Å². The summed E-state index contributed by atoms with van der Waals surface area (Å²) in [5.74, 6) is 1.91. The van der Waals surface area contributed by atoms with Crippen LogP contribution in [0.1, 0.15) is 58.8 Å². The van der Waals surface area contributed by atoms with E-state index in [2.05, 4.69) is 24.1 Å². The van der Waals surface area contributed by atoms with Crippen molar-refractivity contribution in [3.63, 3.8) is 0 Å². The molecule has 0 amide bonds. The molecule has 2 nitrogen and oxygen atoms in total. The number of nitrogens with one attached hydrogen (secondary N) is 1. The second kappa shape index (κ2) is 7.49. The highest BCUT2D eigenvalue weighted by Gasteiger charge is 2.26. The van der Waals surface area contributed by atoms with Crippen molar-refractivity contribution >= 4 is 0 Å². The SMILES string of the molecule is CCCC1CC(NCC2CCCC2)CN(CC)C1. The Hall–Kier alpha value is -0.0800. The fourth-order valence-corrected chi connectivity index (χ4v) is 3.87. The summed E-state index contributed by atoms with van der Waals surface area (Å²) in [6, 6.07) is 0.760. The van der Waals surface area contributed by atoms with Crippen molar-refractivity contribution in [2.24, 2.45) is 11.8 Å². The third-order valence-electron chi connectivity index (χ3n) is 4.93. The number of hydrogen-bond acceptors (Lipinski definition) is 2. The molecular weight excluding hydrogens is 220 g/mol. The summed E-state index contributed by atoms with van der Waals surface area (Å²) in [4.78, 5) is 2.65. The van der Waals surface area contributed by atoms with Gasteiger partial charge in [0.05, 0.1) is 0 Å². The van der Waals surface area contributed by atoms with Gasteiger partial charge in [-0.2, -0.15) is 0 Å². The zero-order valence-corrected chi connectivity index (χ0v) is 12.5. The molecule has 18 heavy (non-hydrogen) atoms. The van der Waals surface area contributed by atoms with E-state index in [-0.39, 0.29) is 0 Å². The van der Waals surface area contributed by atoms with Gasteiger partial charge in [0.15, 0.2) is 0 Å². The molecule has 106 valence electrons. The molecule has 1 heterocycles.